The molecule has 1 atom stereocenters. The molecular formula is C13H10BrN3O2. The minimum atomic E-state index is -0.385. The quantitative estimate of drug-likeness (QED) is 0.815. The van der Waals surface area contributed by atoms with Crippen molar-refractivity contribution in [2.75, 3.05) is 0 Å². The van der Waals surface area contributed by atoms with E-state index < -0.39 is 0 Å². The molecule has 0 aliphatic carbocycles. The second kappa shape index (κ2) is 4.70. The number of nitrogens with zero attached hydrogens (tertiary/aromatic N) is 2. The van der Waals surface area contributed by atoms with Crippen LogP contribution in [0, 0.1) is 0 Å². The first-order valence-corrected chi connectivity index (χ1v) is 6.68. The van der Waals surface area contributed by atoms with Gasteiger partial charge in [0.2, 0.25) is 11.8 Å². The van der Waals surface area contributed by atoms with E-state index in [1.807, 2.05) is 18.2 Å². The number of carbonyl (C=O) groups excluding carboxylic acids is 2. The van der Waals surface area contributed by atoms with Crippen molar-refractivity contribution in [3.05, 3.63) is 34.7 Å². The number of carbonyl (C=O) groups is 2. The number of benzene rings is 1. The first-order chi connectivity index (χ1) is 9.15. The van der Waals surface area contributed by atoms with E-state index in [0.717, 1.165) is 15.4 Å². The number of hydrogen-bond acceptors (Lipinski definition) is 4. The number of halogens is 1. The molecule has 1 aromatic carbocycles. The third-order valence-electron chi connectivity index (χ3n) is 3.20. The Morgan fingerprint density at radius 3 is 2.89 bits per heavy atom. The molecule has 1 unspecified atom stereocenters. The average Bonchev–Trinajstić information content (AvgIpc) is 2.38. The van der Waals surface area contributed by atoms with Gasteiger partial charge in [-0.2, -0.15) is 0 Å². The summed E-state index contributed by atoms with van der Waals surface area (Å²) < 4.78 is 0.924. The topological polar surface area (TPSA) is 72.0 Å². The maximum atomic E-state index is 11.9. The van der Waals surface area contributed by atoms with Crippen LogP contribution in [0.1, 0.15) is 24.5 Å². The number of aromatic nitrogens is 2. The normalized spacial score (nSPS) is 19.5. The predicted octanol–water partition coefficient (Wildman–Crippen LogP) is 1.91. The van der Waals surface area contributed by atoms with Gasteiger partial charge in [0.05, 0.1) is 17.1 Å². The summed E-state index contributed by atoms with van der Waals surface area (Å²) in [5, 5.41) is 3.20. The fourth-order valence-corrected chi connectivity index (χ4v) is 2.63. The van der Waals surface area contributed by atoms with E-state index in [2.05, 4.69) is 31.2 Å². The number of rotatable bonds is 1. The molecule has 1 fully saturated rings. The number of fused-ring (bicyclic) bond motifs is 1. The van der Waals surface area contributed by atoms with E-state index >= 15 is 0 Å². The van der Waals surface area contributed by atoms with Gasteiger partial charge in [0.1, 0.15) is 6.33 Å². The van der Waals surface area contributed by atoms with Gasteiger partial charge in [0.15, 0.2) is 0 Å². The van der Waals surface area contributed by atoms with Crippen LogP contribution in [0.15, 0.2) is 29.0 Å². The van der Waals surface area contributed by atoms with Gasteiger partial charge in [0, 0.05) is 16.3 Å². The molecular weight excluding hydrogens is 310 g/mol. The van der Waals surface area contributed by atoms with Crippen molar-refractivity contribution in [1.82, 2.24) is 15.3 Å². The lowest BCUT2D eigenvalue weighted by molar-refractivity contribution is -0.134. The smallest absolute Gasteiger partial charge is 0.235 e. The van der Waals surface area contributed by atoms with Crippen LogP contribution in [0.25, 0.3) is 10.9 Å². The summed E-state index contributed by atoms with van der Waals surface area (Å²) in [7, 11) is 0. The molecule has 1 aliphatic rings. The Labute approximate surface area is 117 Å². The summed E-state index contributed by atoms with van der Waals surface area (Å²) in [5.41, 5.74) is 1.46. The van der Waals surface area contributed by atoms with Crippen molar-refractivity contribution in [1.29, 1.82) is 0 Å². The fraction of sp³-hybridized carbons (Fsp3) is 0.231. The molecule has 1 saturated heterocycles. The third kappa shape index (κ3) is 2.23. The van der Waals surface area contributed by atoms with E-state index in [0.29, 0.717) is 18.5 Å². The standard InChI is InChI=1S/C13H10BrN3O2/c14-7-1-2-8-10(5-7)15-6-16-12(8)9-3-4-11(18)17-13(9)19/h1-2,5-6,9H,3-4H2,(H,17,18,19). The van der Waals surface area contributed by atoms with Gasteiger partial charge >= 0.3 is 0 Å². The second-order valence-corrected chi connectivity index (χ2v) is 5.34. The summed E-state index contributed by atoms with van der Waals surface area (Å²) >= 11 is 3.39. The number of nitrogens with one attached hydrogen (secondary N) is 1. The molecule has 0 spiro atoms. The van der Waals surface area contributed by atoms with Crippen molar-refractivity contribution in [3.63, 3.8) is 0 Å². The second-order valence-electron chi connectivity index (χ2n) is 4.42. The number of piperidine rings is 1. The van der Waals surface area contributed by atoms with Crippen molar-refractivity contribution in [3.8, 4) is 0 Å². The van der Waals surface area contributed by atoms with Crippen LogP contribution in [0.3, 0.4) is 0 Å². The van der Waals surface area contributed by atoms with Crippen molar-refractivity contribution in [2.45, 2.75) is 18.8 Å². The van der Waals surface area contributed by atoms with Gasteiger partial charge in [0.25, 0.3) is 0 Å². The van der Waals surface area contributed by atoms with Gasteiger partial charge in [-0.05, 0) is 24.6 Å². The molecule has 2 amide bonds. The molecule has 2 aromatic rings. The summed E-state index contributed by atoms with van der Waals surface area (Å²) in [6.07, 6.45) is 2.29. The Kier molecular flexibility index (Phi) is 3.02. The highest BCUT2D eigenvalue weighted by Gasteiger charge is 2.30. The lowest BCUT2D eigenvalue weighted by atomic mass is 9.92. The predicted molar refractivity (Wildman–Crippen MR) is 72.4 cm³/mol. The van der Waals surface area contributed by atoms with Crippen LogP contribution in [0.2, 0.25) is 0 Å². The highest BCUT2D eigenvalue weighted by atomic mass is 79.9. The maximum Gasteiger partial charge on any atom is 0.235 e. The zero-order valence-corrected chi connectivity index (χ0v) is 11.5. The molecule has 0 bridgehead atoms. The van der Waals surface area contributed by atoms with Crippen molar-refractivity contribution < 1.29 is 9.59 Å². The fourth-order valence-electron chi connectivity index (χ4n) is 2.28. The van der Waals surface area contributed by atoms with Gasteiger partial charge in [-0.15, -0.1) is 0 Å². The lowest BCUT2D eigenvalue weighted by Crippen LogP contribution is -2.39. The molecule has 0 radical (unpaired) electrons. The average molecular weight is 320 g/mol. The van der Waals surface area contributed by atoms with E-state index in [4.69, 9.17) is 0 Å². The highest BCUT2D eigenvalue weighted by molar-refractivity contribution is 9.10. The number of hydrogen-bond donors (Lipinski definition) is 1. The van der Waals surface area contributed by atoms with Crippen LogP contribution in [0.4, 0.5) is 0 Å². The first-order valence-electron chi connectivity index (χ1n) is 5.89. The zero-order valence-electron chi connectivity index (χ0n) is 9.89. The van der Waals surface area contributed by atoms with Crippen molar-refractivity contribution >= 4 is 38.6 Å². The van der Waals surface area contributed by atoms with Gasteiger partial charge in [-0.25, -0.2) is 9.97 Å². The van der Waals surface area contributed by atoms with Gasteiger partial charge < -0.3 is 0 Å². The summed E-state index contributed by atoms with van der Waals surface area (Å²) in [5.74, 6) is -0.883. The van der Waals surface area contributed by atoms with Crippen molar-refractivity contribution in [2.24, 2.45) is 0 Å². The molecule has 0 saturated carbocycles. The Morgan fingerprint density at radius 2 is 2.11 bits per heavy atom. The molecule has 6 heteroatoms. The summed E-state index contributed by atoms with van der Waals surface area (Å²) in [4.78, 5) is 31.5. The molecule has 1 aliphatic heterocycles. The number of imide groups is 1. The molecule has 2 heterocycles. The number of amides is 2. The SMILES string of the molecule is O=C1CCC(c2ncnc3cc(Br)ccc23)C(=O)N1. The van der Waals surface area contributed by atoms with Crippen LogP contribution >= 0.6 is 15.9 Å². The molecule has 1 N–H and O–H groups in total. The first kappa shape index (κ1) is 12.2. The Bertz CT molecular complexity index is 687. The van der Waals surface area contributed by atoms with E-state index in [1.165, 1.54) is 6.33 Å². The monoisotopic (exact) mass is 319 g/mol. The minimum Gasteiger partial charge on any atom is -0.296 e. The molecule has 5 nitrogen and oxygen atoms in total. The minimum absolute atomic E-state index is 0.220. The van der Waals surface area contributed by atoms with Gasteiger partial charge in [-0.3, -0.25) is 14.9 Å². The summed E-state index contributed by atoms with van der Waals surface area (Å²) in [6.45, 7) is 0. The van der Waals surface area contributed by atoms with E-state index in [9.17, 15) is 9.59 Å². The Morgan fingerprint density at radius 1 is 1.26 bits per heavy atom. The van der Waals surface area contributed by atoms with Crippen LogP contribution in [-0.2, 0) is 9.59 Å². The van der Waals surface area contributed by atoms with Gasteiger partial charge in [-0.1, -0.05) is 15.9 Å². The maximum absolute atomic E-state index is 11.9. The zero-order chi connectivity index (χ0) is 13.4. The van der Waals surface area contributed by atoms with Crippen LogP contribution in [-0.4, -0.2) is 21.8 Å². The van der Waals surface area contributed by atoms with Crippen LogP contribution in [0.5, 0.6) is 0 Å². The highest BCUT2D eigenvalue weighted by Crippen LogP contribution is 2.29. The molecule has 3 rings (SSSR count). The molecule has 1 aromatic heterocycles. The van der Waals surface area contributed by atoms with Crippen LogP contribution < -0.4 is 5.32 Å². The van der Waals surface area contributed by atoms with E-state index in [-0.39, 0.29) is 17.7 Å². The molecule has 96 valence electrons. The Hall–Kier alpha value is -1.82. The third-order valence-corrected chi connectivity index (χ3v) is 3.69. The van der Waals surface area contributed by atoms with E-state index in [1.54, 1.807) is 0 Å². The largest absolute Gasteiger partial charge is 0.296 e. The lowest BCUT2D eigenvalue weighted by Gasteiger charge is -2.21. The molecule has 19 heavy (non-hydrogen) atoms. The Balaban J connectivity index is 2.10. The summed E-state index contributed by atoms with van der Waals surface area (Å²) in [6, 6.07) is 5.66.